The molecule has 10 heteroatoms. The van der Waals surface area contributed by atoms with Crippen LogP contribution in [0.3, 0.4) is 0 Å². The third-order valence-corrected chi connectivity index (χ3v) is 5.50. The number of carbonyl (C=O) groups is 1. The zero-order chi connectivity index (χ0) is 20.9. The molecule has 154 valence electrons. The molecule has 0 fully saturated rings. The monoisotopic (exact) mass is 412 g/mol. The molecule has 1 aromatic carbocycles. The van der Waals surface area contributed by atoms with Crippen molar-refractivity contribution in [1.82, 2.24) is 14.9 Å². The van der Waals surface area contributed by atoms with Crippen LogP contribution >= 0.6 is 0 Å². The summed E-state index contributed by atoms with van der Waals surface area (Å²) in [4.78, 5) is 20.9. The molecule has 2 aliphatic rings. The summed E-state index contributed by atoms with van der Waals surface area (Å²) in [5.74, 6) is -3.73. The van der Waals surface area contributed by atoms with E-state index in [-0.39, 0.29) is 37.0 Å². The summed E-state index contributed by atoms with van der Waals surface area (Å²) in [5.41, 5.74) is 8.11. The molecule has 2 unspecified atom stereocenters. The van der Waals surface area contributed by atoms with Crippen LogP contribution in [0.2, 0.25) is 0 Å². The van der Waals surface area contributed by atoms with E-state index in [2.05, 4.69) is 9.97 Å². The van der Waals surface area contributed by atoms with E-state index in [1.807, 2.05) is 0 Å². The first-order chi connectivity index (χ1) is 13.6. The van der Waals surface area contributed by atoms with Gasteiger partial charge in [0.15, 0.2) is 11.6 Å². The van der Waals surface area contributed by atoms with Crippen LogP contribution in [0, 0.1) is 11.6 Å². The van der Waals surface area contributed by atoms with Crippen molar-refractivity contribution in [2.45, 2.75) is 50.5 Å². The topological polar surface area (TPSA) is 72.1 Å². The van der Waals surface area contributed by atoms with Crippen molar-refractivity contribution in [3.05, 3.63) is 58.2 Å². The van der Waals surface area contributed by atoms with Gasteiger partial charge in [-0.2, -0.15) is 13.2 Å². The van der Waals surface area contributed by atoms with Gasteiger partial charge in [0.05, 0.1) is 12.2 Å². The highest BCUT2D eigenvalue weighted by atomic mass is 19.4. The fourth-order valence-corrected chi connectivity index (χ4v) is 4.02. The first kappa shape index (κ1) is 19.7. The van der Waals surface area contributed by atoms with E-state index in [9.17, 15) is 26.7 Å². The average Bonchev–Trinajstić information content (AvgIpc) is 3.24. The number of amides is 1. The molecule has 4 rings (SSSR count). The van der Waals surface area contributed by atoms with E-state index in [0.717, 1.165) is 18.3 Å². The Morgan fingerprint density at radius 3 is 2.66 bits per heavy atom. The van der Waals surface area contributed by atoms with Crippen LogP contribution in [0.1, 0.15) is 47.0 Å². The summed E-state index contributed by atoms with van der Waals surface area (Å²) in [6.07, 6.45) is -2.50. The van der Waals surface area contributed by atoms with E-state index < -0.39 is 29.7 Å². The minimum atomic E-state index is -4.65. The standard InChI is InChI=1S/C19H17F5N4O/c20-13-3-9-1-2-11(12(9)4-14(13)21)15(25)5-17(29)28-7-10-6-26-18(19(22,23)24)27-16(10)8-28/h3-4,6,11,15H,1-2,5,7-8,25H2. The van der Waals surface area contributed by atoms with Crippen LogP contribution in [0.15, 0.2) is 18.3 Å². The number of hydrogen-bond donors (Lipinski definition) is 1. The minimum absolute atomic E-state index is 0.0480. The minimum Gasteiger partial charge on any atom is -0.332 e. The summed E-state index contributed by atoms with van der Waals surface area (Å²) in [6.45, 7) is 0.0632. The molecule has 2 heterocycles. The maximum Gasteiger partial charge on any atom is 0.451 e. The van der Waals surface area contributed by atoms with Crippen LogP contribution in [0.4, 0.5) is 22.0 Å². The number of hydrogen-bond acceptors (Lipinski definition) is 4. The number of rotatable bonds is 3. The Balaban J connectivity index is 1.44. The van der Waals surface area contributed by atoms with Crippen LogP contribution < -0.4 is 5.73 Å². The molecular formula is C19H17F5N4O. The summed E-state index contributed by atoms with van der Waals surface area (Å²) < 4.78 is 65.3. The Kier molecular flexibility index (Phi) is 4.76. The second-order valence-corrected chi connectivity index (χ2v) is 7.39. The maximum atomic E-state index is 13.6. The van der Waals surface area contributed by atoms with Crippen molar-refractivity contribution in [2.75, 3.05) is 0 Å². The van der Waals surface area contributed by atoms with Gasteiger partial charge in [-0.1, -0.05) is 0 Å². The average molecular weight is 412 g/mol. The Bertz CT molecular complexity index is 978. The number of benzene rings is 1. The Hall–Kier alpha value is -2.62. The Labute approximate surface area is 162 Å². The predicted molar refractivity (Wildman–Crippen MR) is 91.3 cm³/mol. The molecule has 29 heavy (non-hydrogen) atoms. The highest BCUT2D eigenvalue weighted by Crippen LogP contribution is 2.37. The van der Waals surface area contributed by atoms with Crippen molar-refractivity contribution in [3.8, 4) is 0 Å². The van der Waals surface area contributed by atoms with Gasteiger partial charge in [-0.05, 0) is 36.1 Å². The quantitative estimate of drug-likeness (QED) is 0.787. The molecule has 1 aliphatic carbocycles. The first-order valence-electron chi connectivity index (χ1n) is 9.06. The first-order valence-corrected chi connectivity index (χ1v) is 9.06. The number of halogens is 5. The third kappa shape index (κ3) is 3.68. The lowest BCUT2D eigenvalue weighted by Crippen LogP contribution is -2.35. The molecule has 2 aromatic rings. The predicted octanol–water partition coefficient (Wildman–Crippen LogP) is 3.06. The van der Waals surface area contributed by atoms with Gasteiger partial charge in [-0.3, -0.25) is 4.79 Å². The van der Waals surface area contributed by atoms with Gasteiger partial charge in [0, 0.05) is 36.7 Å². The van der Waals surface area contributed by atoms with Gasteiger partial charge in [-0.15, -0.1) is 0 Å². The highest BCUT2D eigenvalue weighted by molar-refractivity contribution is 5.77. The third-order valence-electron chi connectivity index (χ3n) is 5.50. The fraction of sp³-hybridized carbons (Fsp3) is 0.421. The summed E-state index contributed by atoms with van der Waals surface area (Å²) in [7, 11) is 0. The number of aryl methyl sites for hydroxylation is 1. The number of nitrogens with two attached hydrogens (primary N) is 1. The summed E-state index contributed by atoms with van der Waals surface area (Å²) >= 11 is 0. The molecule has 0 saturated carbocycles. The zero-order valence-corrected chi connectivity index (χ0v) is 15.1. The normalized spacial score (nSPS) is 19.2. The Morgan fingerprint density at radius 1 is 1.21 bits per heavy atom. The molecule has 2 atom stereocenters. The number of fused-ring (bicyclic) bond motifs is 2. The zero-order valence-electron chi connectivity index (χ0n) is 15.1. The molecule has 0 bridgehead atoms. The number of aromatic nitrogens is 2. The van der Waals surface area contributed by atoms with Gasteiger partial charge in [0.2, 0.25) is 11.7 Å². The van der Waals surface area contributed by atoms with Gasteiger partial charge < -0.3 is 10.6 Å². The van der Waals surface area contributed by atoms with Crippen molar-refractivity contribution >= 4 is 5.91 Å². The summed E-state index contributed by atoms with van der Waals surface area (Å²) in [5, 5.41) is 0. The molecule has 0 spiro atoms. The smallest absolute Gasteiger partial charge is 0.332 e. The van der Waals surface area contributed by atoms with Crippen molar-refractivity contribution in [3.63, 3.8) is 0 Å². The molecule has 2 N–H and O–H groups in total. The van der Waals surface area contributed by atoms with Crippen LogP contribution in [-0.4, -0.2) is 26.8 Å². The summed E-state index contributed by atoms with van der Waals surface area (Å²) in [6, 6.07) is 1.67. The fourth-order valence-electron chi connectivity index (χ4n) is 4.02. The molecule has 0 radical (unpaired) electrons. The van der Waals surface area contributed by atoms with E-state index in [4.69, 9.17) is 5.73 Å². The van der Waals surface area contributed by atoms with E-state index in [1.54, 1.807) is 0 Å². The van der Waals surface area contributed by atoms with Gasteiger partial charge >= 0.3 is 6.18 Å². The maximum absolute atomic E-state index is 13.6. The van der Waals surface area contributed by atoms with Gasteiger partial charge in [0.25, 0.3) is 0 Å². The SMILES string of the molecule is NC(CC(=O)N1Cc2cnc(C(F)(F)F)nc2C1)C1CCc2cc(F)c(F)cc21. The van der Waals surface area contributed by atoms with Gasteiger partial charge in [-0.25, -0.2) is 18.7 Å². The van der Waals surface area contributed by atoms with Crippen LogP contribution in [0.25, 0.3) is 0 Å². The largest absolute Gasteiger partial charge is 0.451 e. The van der Waals surface area contributed by atoms with E-state index in [1.165, 1.54) is 4.90 Å². The lowest BCUT2D eigenvalue weighted by Gasteiger charge is -2.23. The van der Waals surface area contributed by atoms with E-state index in [0.29, 0.717) is 29.5 Å². The number of nitrogens with zero attached hydrogens (tertiary/aromatic N) is 3. The molecular weight excluding hydrogens is 395 g/mol. The van der Waals surface area contributed by atoms with Crippen LogP contribution in [-0.2, 0) is 30.5 Å². The molecule has 5 nitrogen and oxygen atoms in total. The second kappa shape index (κ2) is 7.01. The van der Waals surface area contributed by atoms with Crippen molar-refractivity contribution in [1.29, 1.82) is 0 Å². The molecule has 1 aromatic heterocycles. The van der Waals surface area contributed by atoms with Gasteiger partial charge in [0.1, 0.15) is 0 Å². The van der Waals surface area contributed by atoms with Crippen molar-refractivity contribution in [2.24, 2.45) is 5.73 Å². The lowest BCUT2D eigenvalue weighted by molar-refractivity contribution is -0.145. The molecule has 0 saturated heterocycles. The number of alkyl halides is 3. The lowest BCUT2D eigenvalue weighted by atomic mass is 9.91. The Morgan fingerprint density at radius 2 is 1.93 bits per heavy atom. The number of carbonyl (C=O) groups excluding carboxylic acids is 1. The molecule has 1 aliphatic heterocycles. The van der Waals surface area contributed by atoms with Crippen LogP contribution in [0.5, 0.6) is 0 Å². The molecule has 1 amide bonds. The van der Waals surface area contributed by atoms with E-state index >= 15 is 0 Å². The second-order valence-electron chi connectivity index (χ2n) is 7.39. The van der Waals surface area contributed by atoms with Crippen molar-refractivity contribution < 1.29 is 26.7 Å². The highest BCUT2D eigenvalue weighted by Gasteiger charge is 2.37.